The van der Waals surface area contributed by atoms with Gasteiger partial charge in [0.25, 0.3) is 5.91 Å². The molecule has 2 fully saturated rings. The van der Waals surface area contributed by atoms with Crippen molar-refractivity contribution in [2.45, 2.75) is 38.3 Å². The fourth-order valence-electron chi connectivity index (χ4n) is 3.55. The summed E-state index contributed by atoms with van der Waals surface area (Å²) < 4.78 is 5.20. The largest absolute Gasteiger partial charge is 0.497 e. The minimum atomic E-state index is 0.0487. The van der Waals surface area contributed by atoms with Gasteiger partial charge in [-0.25, -0.2) is 0 Å². The molecule has 0 radical (unpaired) electrons. The quantitative estimate of drug-likeness (QED) is 0.786. The summed E-state index contributed by atoms with van der Waals surface area (Å²) in [4.78, 5) is 28.7. The lowest BCUT2D eigenvalue weighted by Gasteiger charge is -2.23. The highest BCUT2D eigenvalue weighted by atomic mass is 16.5. The molecule has 0 N–H and O–H groups in total. The first-order chi connectivity index (χ1) is 13.2. The molecule has 27 heavy (non-hydrogen) atoms. The van der Waals surface area contributed by atoms with Gasteiger partial charge in [0.05, 0.1) is 7.11 Å². The van der Waals surface area contributed by atoms with Crippen LogP contribution >= 0.6 is 0 Å². The number of carbonyl (C=O) groups is 2. The second-order valence-electron chi connectivity index (χ2n) is 7.21. The summed E-state index contributed by atoms with van der Waals surface area (Å²) >= 11 is 0. The van der Waals surface area contributed by atoms with Crippen LogP contribution in [0.25, 0.3) is 0 Å². The van der Waals surface area contributed by atoms with Crippen molar-refractivity contribution < 1.29 is 14.3 Å². The van der Waals surface area contributed by atoms with E-state index in [-0.39, 0.29) is 11.8 Å². The molecule has 1 saturated heterocycles. The third kappa shape index (κ3) is 3.82. The van der Waals surface area contributed by atoms with Crippen LogP contribution < -0.4 is 9.64 Å². The van der Waals surface area contributed by atoms with Gasteiger partial charge < -0.3 is 14.5 Å². The Labute approximate surface area is 159 Å². The normalized spacial score (nSPS) is 16.5. The minimum absolute atomic E-state index is 0.0487. The Morgan fingerprint density at radius 2 is 1.81 bits per heavy atom. The van der Waals surface area contributed by atoms with Crippen LogP contribution in [0.1, 0.15) is 41.6 Å². The van der Waals surface area contributed by atoms with E-state index in [1.54, 1.807) is 12.0 Å². The van der Waals surface area contributed by atoms with Gasteiger partial charge in [-0.05, 0) is 61.2 Å². The molecule has 0 bridgehead atoms. The zero-order chi connectivity index (χ0) is 18.8. The van der Waals surface area contributed by atoms with Gasteiger partial charge in [-0.3, -0.25) is 9.59 Å². The van der Waals surface area contributed by atoms with E-state index >= 15 is 0 Å². The highest BCUT2D eigenvalue weighted by molar-refractivity contribution is 5.97. The molecule has 0 atom stereocenters. The van der Waals surface area contributed by atoms with Gasteiger partial charge in [0.2, 0.25) is 5.91 Å². The molecule has 1 saturated carbocycles. The zero-order valence-corrected chi connectivity index (χ0v) is 15.6. The van der Waals surface area contributed by atoms with E-state index in [0.717, 1.165) is 42.8 Å². The van der Waals surface area contributed by atoms with Crippen LogP contribution in [-0.2, 0) is 11.3 Å². The van der Waals surface area contributed by atoms with Crippen molar-refractivity contribution in [2.24, 2.45) is 0 Å². The molecule has 2 aromatic carbocycles. The molecule has 0 spiro atoms. The van der Waals surface area contributed by atoms with E-state index in [1.807, 2.05) is 53.4 Å². The van der Waals surface area contributed by atoms with Crippen molar-refractivity contribution >= 4 is 17.5 Å². The highest BCUT2D eigenvalue weighted by Crippen LogP contribution is 2.31. The number of rotatable bonds is 6. The average molecular weight is 364 g/mol. The lowest BCUT2D eigenvalue weighted by atomic mass is 10.1. The smallest absolute Gasteiger partial charge is 0.254 e. The van der Waals surface area contributed by atoms with Gasteiger partial charge in [-0.2, -0.15) is 0 Å². The molecule has 1 aliphatic heterocycles. The molecule has 5 heteroatoms. The maximum Gasteiger partial charge on any atom is 0.254 e. The molecule has 4 rings (SSSR count). The predicted molar refractivity (Wildman–Crippen MR) is 104 cm³/mol. The summed E-state index contributed by atoms with van der Waals surface area (Å²) in [5, 5.41) is 0. The van der Waals surface area contributed by atoms with Crippen LogP contribution in [0, 0.1) is 0 Å². The molecular formula is C22H24N2O3. The standard InChI is InChI=1S/C22H24N2O3/c1-27-20-12-4-16(5-13-20)15-24(19-10-11-19)22(26)17-6-8-18(9-7-17)23-14-2-3-21(23)25/h4-9,12-13,19H,2-3,10-11,14-15H2,1H3. The molecule has 0 aromatic heterocycles. The van der Waals surface area contributed by atoms with Gasteiger partial charge in [0, 0.05) is 36.8 Å². The summed E-state index contributed by atoms with van der Waals surface area (Å²) in [6.07, 6.45) is 3.62. The van der Waals surface area contributed by atoms with Gasteiger partial charge in [-0.15, -0.1) is 0 Å². The van der Waals surface area contributed by atoms with Gasteiger partial charge in [-0.1, -0.05) is 12.1 Å². The number of nitrogens with zero attached hydrogens (tertiary/aromatic N) is 2. The number of hydrogen-bond donors (Lipinski definition) is 0. The molecule has 1 aliphatic carbocycles. The Hall–Kier alpha value is -2.82. The van der Waals surface area contributed by atoms with E-state index in [9.17, 15) is 9.59 Å². The summed E-state index contributed by atoms with van der Waals surface area (Å²) in [6.45, 7) is 1.36. The molecule has 2 aliphatic rings. The minimum Gasteiger partial charge on any atom is -0.497 e. The number of benzene rings is 2. The Balaban J connectivity index is 1.49. The zero-order valence-electron chi connectivity index (χ0n) is 15.6. The fraction of sp³-hybridized carbons (Fsp3) is 0.364. The summed E-state index contributed by atoms with van der Waals surface area (Å²) in [5.74, 6) is 1.02. The Bertz CT molecular complexity index is 826. The lowest BCUT2D eigenvalue weighted by molar-refractivity contribution is -0.117. The fourth-order valence-corrected chi connectivity index (χ4v) is 3.55. The Morgan fingerprint density at radius 3 is 2.37 bits per heavy atom. The summed E-state index contributed by atoms with van der Waals surface area (Å²) in [6, 6.07) is 15.6. The van der Waals surface area contributed by atoms with Gasteiger partial charge in [0.1, 0.15) is 5.75 Å². The maximum absolute atomic E-state index is 13.1. The van der Waals surface area contributed by atoms with Crippen LogP contribution in [0.3, 0.4) is 0 Å². The number of anilines is 1. The first-order valence-electron chi connectivity index (χ1n) is 9.50. The monoisotopic (exact) mass is 364 g/mol. The third-order valence-corrected chi connectivity index (χ3v) is 5.26. The van der Waals surface area contributed by atoms with Crippen LogP contribution in [0.2, 0.25) is 0 Å². The maximum atomic E-state index is 13.1. The second kappa shape index (κ2) is 7.43. The Morgan fingerprint density at radius 1 is 1.11 bits per heavy atom. The van der Waals surface area contributed by atoms with E-state index in [2.05, 4.69) is 0 Å². The van der Waals surface area contributed by atoms with E-state index in [0.29, 0.717) is 24.6 Å². The summed E-state index contributed by atoms with van der Waals surface area (Å²) in [5.41, 5.74) is 2.64. The van der Waals surface area contributed by atoms with E-state index in [4.69, 9.17) is 4.74 Å². The third-order valence-electron chi connectivity index (χ3n) is 5.26. The van der Waals surface area contributed by atoms with E-state index < -0.39 is 0 Å². The van der Waals surface area contributed by atoms with Crippen LogP contribution in [0.15, 0.2) is 48.5 Å². The number of amides is 2. The number of hydrogen-bond acceptors (Lipinski definition) is 3. The average Bonchev–Trinajstić information content (AvgIpc) is 3.46. The van der Waals surface area contributed by atoms with Gasteiger partial charge >= 0.3 is 0 Å². The first kappa shape index (κ1) is 17.6. The Kier molecular flexibility index (Phi) is 4.84. The molecule has 2 aromatic rings. The SMILES string of the molecule is COc1ccc(CN(C(=O)c2ccc(N3CCCC3=O)cc2)C2CC2)cc1. The van der Waals surface area contributed by atoms with Crippen molar-refractivity contribution in [2.75, 3.05) is 18.6 Å². The number of ether oxygens (including phenoxy) is 1. The van der Waals surface area contributed by atoms with Crippen LogP contribution in [0.4, 0.5) is 5.69 Å². The molecular weight excluding hydrogens is 340 g/mol. The molecule has 0 unspecified atom stereocenters. The topological polar surface area (TPSA) is 49.9 Å². The highest BCUT2D eigenvalue weighted by Gasteiger charge is 2.33. The van der Waals surface area contributed by atoms with Crippen molar-refractivity contribution in [1.82, 2.24) is 4.90 Å². The van der Waals surface area contributed by atoms with Crippen molar-refractivity contribution in [3.63, 3.8) is 0 Å². The second-order valence-corrected chi connectivity index (χ2v) is 7.21. The number of carbonyl (C=O) groups excluding carboxylic acids is 2. The summed E-state index contributed by atoms with van der Waals surface area (Å²) in [7, 11) is 1.65. The van der Waals surface area contributed by atoms with E-state index in [1.165, 1.54) is 0 Å². The predicted octanol–water partition coefficient (Wildman–Crippen LogP) is 3.63. The van der Waals surface area contributed by atoms with Crippen molar-refractivity contribution in [3.8, 4) is 5.75 Å². The van der Waals surface area contributed by atoms with Crippen LogP contribution in [0.5, 0.6) is 5.75 Å². The molecule has 5 nitrogen and oxygen atoms in total. The molecule has 2 amide bonds. The van der Waals surface area contributed by atoms with Crippen molar-refractivity contribution in [3.05, 3.63) is 59.7 Å². The number of methoxy groups -OCH3 is 1. The lowest BCUT2D eigenvalue weighted by Crippen LogP contribution is -2.32. The van der Waals surface area contributed by atoms with Gasteiger partial charge in [0.15, 0.2) is 0 Å². The van der Waals surface area contributed by atoms with Crippen molar-refractivity contribution in [1.29, 1.82) is 0 Å². The molecule has 140 valence electrons. The van der Waals surface area contributed by atoms with Crippen LogP contribution in [-0.4, -0.2) is 36.4 Å². The first-order valence-corrected chi connectivity index (χ1v) is 9.50. The molecule has 1 heterocycles.